The van der Waals surface area contributed by atoms with Crippen molar-refractivity contribution in [2.24, 2.45) is 0 Å². The number of carbonyl (C=O) groups is 1. The first kappa shape index (κ1) is 10.3. The predicted octanol–water partition coefficient (Wildman–Crippen LogP) is 1.60. The summed E-state index contributed by atoms with van der Waals surface area (Å²) in [6, 6.07) is 3.80. The van der Waals surface area contributed by atoms with Gasteiger partial charge in [-0.05, 0) is 6.92 Å². The molecule has 1 atom stereocenters. The summed E-state index contributed by atoms with van der Waals surface area (Å²) < 4.78 is 11.0. The number of nitrogens with one attached hydrogen (secondary N) is 2. The van der Waals surface area contributed by atoms with Crippen LogP contribution in [-0.2, 0) is 4.79 Å². The van der Waals surface area contributed by atoms with Crippen molar-refractivity contribution in [2.45, 2.75) is 19.4 Å². The molecule has 0 aliphatic carbocycles. The third-order valence-corrected chi connectivity index (χ3v) is 2.85. The number of carbonyl (C=O) groups excluding carboxylic acids is 1. The molecule has 0 saturated heterocycles. The number of ether oxygens (including phenoxy) is 2. The maximum Gasteiger partial charge on any atom is 0.226 e. The minimum absolute atomic E-state index is 0.0143. The fraction of sp³-hybridized carbons (Fsp3) is 0.417. The van der Waals surface area contributed by atoms with Gasteiger partial charge in [0.15, 0.2) is 11.5 Å². The van der Waals surface area contributed by atoms with Crippen LogP contribution < -0.4 is 20.1 Å². The molecule has 3 rings (SSSR count). The summed E-state index contributed by atoms with van der Waals surface area (Å²) in [6.07, 6.45) is 0.459. The SMILES string of the molecule is CC1CC(=O)Nc2cc3c(cc2N1)OCCO3. The van der Waals surface area contributed by atoms with Crippen molar-refractivity contribution in [3.8, 4) is 11.5 Å². The number of benzene rings is 1. The summed E-state index contributed by atoms with van der Waals surface area (Å²) in [6.45, 7) is 3.09. The van der Waals surface area contributed by atoms with Gasteiger partial charge in [-0.15, -0.1) is 0 Å². The van der Waals surface area contributed by atoms with Crippen molar-refractivity contribution in [3.63, 3.8) is 0 Å². The number of rotatable bonds is 0. The standard InChI is InChI=1S/C12H14N2O3/c1-7-4-12(15)14-9-6-11-10(5-8(9)13-7)16-2-3-17-11/h5-7,13H,2-4H2,1H3,(H,14,15). The molecule has 5 nitrogen and oxygen atoms in total. The molecule has 90 valence electrons. The van der Waals surface area contributed by atoms with Crippen molar-refractivity contribution in [3.05, 3.63) is 12.1 Å². The second kappa shape index (κ2) is 3.84. The first-order valence-corrected chi connectivity index (χ1v) is 5.72. The first-order chi connectivity index (χ1) is 8.22. The van der Waals surface area contributed by atoms with Crippen LogP contribution in [-0.4, -0.2) is 25.2 Å². The highest BCUT2D eigenvalue weighted by Gasteiger charge is 2.21. The normalized spacial score (nSPS) is 21.9. The van der Waals surface area contributed by atoms with Gasteiger partial charge in [0.1, 0.15) is 13.2 Å². The largest absolute Gasteiger partial charge is 0.486 e. The molecular formula is C12H14N2O3. The first-order valence-electron chi connectivity index (χ1n) is 5.72. The Morgan fingerprint density at radius 1 is 1.18 bits per heavy atom. The zero-order valence-electron chi connectivity index (χ0n) is 9.58. The number of fused-ring (bicyclic) bond motifs is 2. The lowest BCUT2D eigenvalue weighted by Gasteiger charge is -2.21. The highest BCUT2D eigenvalue weighted by molar-refractivity contribution is 5.97. The van der Waals surface area contributed by atoms with Crippen molar-refractivity contribution < 1.29 is 14.3 Å². The van der Waals surface area contributed by atoms with E-state index in [1.165, 1.54) is 0 Å². The van der Waals surface area contributed by atoms with Crippen LogP contribution in [0.4, 0.5) is 11.4 Å². The van der Waals surface area contributed by atoms with Gasteiger partial charge in [0.05, 0.1) is 11.4 Å². The maximum atomic E-state index is 11.6. The molecule has 0 bridgehead atoms. The predicted molar refractivity (Wildman–Crippen MR) is 63.8 cm³/mol. The molecular weight excluding hydrogens is 220 g/mol. The summed E-state index contributed by atoms with van der Waals surface area (Å²) in [7, 11) is 0. The van der Waals surface area contributed by atoms with E-state index < -0.39 is 0 Å². The van der Waals surface area contributed by atoms with Crippen LogP contribution in [0.1, 0.15) is 13.3 Å². The summed E-state index contributed by atoms with van der Waals surface area (Å²) in [5.74, 6) is 1.43. The Hall–Kier alpha value is -1.91. The van der Waals surface area contributed by atoms with Gasteiger partial charge < -0.3 is 20.1 Å². The van der Waals surface area contributed by atoms with Gasteiger partial charge in [0, 0.05) is 24.6 Å². The highest BCUT2D eigenvalue weighted by atomic mass is 16.6. The zero-order valence-corrected chi connectivity index (χ0v) is 9.58. The summed E-state index contributed by atoms with van der Waals surface area (Å²) in [5.41, 5.74) is 1.64. The van der Waals surface area contributed by atoms with E-state index in [0.29, 0.717) is 25.4 Å². The van der Waals surface area contributed by atoms with Gasteiger partial charge in [-0.2, -0.15) is 0 Å². The second-order valence-corrected chi connectivity index (χ2v) is 4.34. The molecule has 1 amide bonds. The van der Waals surface area contributed by atoms with E-state index in [2.05, 4.69) is 10.6 Å². The fourth-order valence-corrected chi connectivity index (χ4v) is 2.11. The van der Waals surface area contributed by atoms with Gasteiger partial charge in [0.25, 0.3) is 0 Å². The van der Waals surface area contributed by atoms with Crippen LogP contribution in [0.25, 0.3) is 0 Å². The van der Waals surface area contributed by atoms with Crippen molar-refractivity contribution in [1.82, 2.24) is 0 Å². The molecule has 0 saturated carbocycles. The van der Waals surface area contributed by atoms with Crippen LogP contribution >= 0.6 is 0 Å². The average molecular weight is 234 g/mol. The average Bonchev–Trinajstić information content (AvgIpc) is 2.42. The molecule has 2 aliphatic rings. The van der Waals surface area contributed by atoms with Crippen molar-refractivity contribution in [2.75, 3.05) is 23.8 Å². The Morgan fingerprint density at radius 3 is 2.53 bits per heavy atom. The van der Waals surface area contributed by atoms with E-state index in [9.17, 15) is 4.79 Å². The topological polar surface area (TPSA) is 59.6 Å². The van der Waals surface area contributed by atoms with Crippen LogP contribution in [0.15, 0.2) is 12.1 Å². The Labute approximate surface area is 99.1 Å². The van der Waals surface area contributed by atoms with Gasteiger partial charge in [0.2, 0.25) is 5.91 Å². The van der Waals surface area contributed by atoms with E-state index in [4.69, 9.17) is 9.47 Å². The van der Waals surface area contributed by atoms with Crippen LogP contribution in [0.2, 0.25) is 0 Å². The van der Waals surface area contributed by atoms with Crippen LogP contribution in [0.5, 0.6) is 11.5 Å². The maximum absolute atomic E-state index is 11.6. The van der Waals surface area contributed by atoms with Gasteiger partial charge >= 0.3 is 0 Å². The van der Waals surface area contributed by atoms with Crippen molar-refractivity contribution >= 4 is 17.3 Å². The zero-order chi connectivity index (χ0) is 11.8. The van der Waals surface area contributed by atoms with E-state index in [1.807, 2.05) is 19.1 Å². The molecule has 0 spiro atoms. The number of hydrogen-bond donors (Lipinski definition) is 2. The van der Waals surface area contributed by atoms with Gasteiger partial charge in [-0.1, -0.05) is 0 Å². The highest BCUT2D eigenvalue weighted by Crippen LogP contribution is 2.39. The third kappa shape index (κ3) is 1.88. The van der Waals surface area contributed by atoms with E-state index in [-0.39, 0.29) is 11.9 Å². The Morgan fingerprint density at radius 2 is 1.82 bits per heavy atom. The second-order valence-electron chi connectivity index (χ2n) is 4.34. The summed E-state index contributed by atoms with van der Waals surface area (Å²) >= 11 is 0. The molecule has 1 unspecified atom stereocenters. The van der Waals surface area contributed by atoms with Crippen LogP contribution in [0.3, 0.4) is 0 Å². The lowest BCUT2D eigenvalue weighted by molar-refractivity contribution is -0.116. The fourth-order valence-electron chi connectivity index (χ4n) is 2.11. The molecule has 0 fully saturated rings. The third-order valence-electron chi connectivity index (χ3n) is 2.85. The number of hydrogen-bond acceptors (Lipinski definition) is 4. The smallest absolute Gasteiger partial charge is 0.226 e. The molecule has 0 radical (unpaired) electrons. The molecule has 0 aromatic heterocycles. The molecule has 2 heterocycles. The quantitative estimate of drug-likeness (QED) is 0.715. The number of amides is 1. The summed E-state index contributed by atoms with van der Waals surface area (Å²) in [5, 5.41) is 6.15. The minimum Gasteiger partial charge on any atom is -0.486 e. The lowest BCUT2D eigenvalue weighted by atomic mass is 10.2. The lowest BCUT2D eigenvalue weighted by Crippen LogP contribution is -2.18. The van der Waals surface area contributed by atoms with Crippen molar-refractivity contribution in [1.29, 1.82) is 0 Å². The van der Waals surface area contributed by atoms with E-state index >= 15 is 0 Å². The van der Waals surface area contributed by atoms with E-state index in [1.54, 1.807) is 0 Å². The molecule has 17 heavy (non-hydrogen) atoms. The molecule has 5 heteroatoms. The van der Waals surface area contributed by atoms with Crippen LogP contribution in [0, 0.1) is 0 Å². The Balaban J connectivity index is 2.04. The Kier molecular flexibility index (Phi) is 2.31. The minimum atomic E-state index is 0.0143. The molecule has 2 N–H and O–H groups in total. The van der Waals surface area contributed by atoms with Gasteiger partial charge in [-0.3, -0.25) is 4.79 Å². The monoisotopic (exact) mass is 234 g/mol. The molecule has 2 aliphatic heterocycles. The number of anilines is 2. The molecule has 1 aromatic carbocycles. The van der Waals surface area contributed by atoms with Gasteiger partial charge in [-0.25, -0.2) is 0 Å². The molecule has 1 aromatic rings. The summed E-state index contributed by atoms with van der Waals surface area (Å²) in [4.78, 5) is 11.6. The van der Waals surface area contributed by atoms with E-state index in [0.717, 1.165) is 17.1 Å². The Bertz CT molecular complexity index is 473.